The lowest BCUT2D eigenvalue weighted by molar-refractivity contribution is -0.113. The molecule has 7 nitrogen and oxygen atoms in total. The van der Waals surface area contributed by atoms with Crippen LogP contribution in [0.5, 0.6) is 0 Å². The second-order valence-corrected chi connectivity index (χ2v) is 7.86. The van der Waals surface area contributed by atoms with E-state index in [4.69, 9.17) is 0 Å². The minimum absolute atomic E-state index is 0.150. The summed E-state index contributed by atoms with van der Waals surface area (Å²) >= 11 is 2.87. The summed E-state index contributed by atoms with van der Waals surface area (Å²) in [5.74, 6) is -0.000768. The molecule has 0 unspecified atom stereocenters. The molecule has 2 aromatic carbocycles. The number of imidazole rings is 1. The number of nitrogens with zero attached hydrogens (tertiary/aromatic N) is 3. The molecule has 0 aliphatic rings. The normalized spacial score (nSPS) is 10.9. The number of aromatic amines is 1. The number of aromatic nitrogens is 4. The molecule has 2 aromatic heterocycles. The van der Waals surface area contributed by atoms with Crippen LogP contribution in [0.25, 0.3) is 16.9 Å². The Balaban J connectivity index is 1.60. The average Bonchev–Trinajstić information content (AvgIpc) is 3.13. The Morgan fingerprint density at radius 2 is 2.00 bits per heavy atom. The van der Waals surface area contributed by atoms with E-state index in [1.807, 2.05) is 60.9 Å². The van der Waals surface area contributed by atoms with Crippen molar-refractivity contribution in [3.63, 3.8) is 0 Å². The summed E-state index contributed by atoms with van der Waals surface area (Å²) in [6.45, 7) is 0. The van der Waals surface area contributed by atoms with Gasteiger partial charge in [-0.1, -0.05) is 36.0 Å². The third-order valence-corrected chi connectivity index (χ3v) is 5.78. The number of benzene rings is 2. The lowest BCUT2D eigenvalue weighted by atomic mass is 10.3. The van der Waals surface area contributed by atoms with Gasteiger partial charge in [0.2, 0.25) is 5.91 Å². The lowest BCUT2D eigenvalue weighted by Crippen LogP contribution is -2.14. The molecule has 0 saturated heterocycles. The average molecular weight is 424 g/mol. The van der Waals surface area contributed by atoms with Gasteiger partial charge in [-0.05, 0) is 36.6 Å². The molecule has 0 aliphatic heterocycles. The number of carbonyl (C=O) groups excluding carboxylic acids is 1. The van der Waals surface area contributed by atoms with Gasteiger partial charge in [0.1, 0.15) is 0 Å². The summed E-state index contributed by atoms with van der Waals surface area (Å²) < 4.78 is 1.79. The first-order chi connectivity index (χ1) is 14.2. The number of carbonyl (C=O) groups is 1. The van der Waals surface area contributed by atoms with Gasteiger partial charge < -0.3 is 10.3 Å². The van der Waals surface area contributed by atoms with Crippen molar-refractivity contribution >= 4 is 46.3 Å². The van der Waals surface area contributed by atoms with Crippen LogP contribution in [0.15, 0.2) is 75.8 Å². The molecule has 146 valence electrons. The standard InChI is InChI=1S/C20H17N5O2S2/c1-28-15-9-5-6-13(10-15)23-16(26)11-29-20-24-17-18(21-12-22-19(17)27)25(20)14-7-3-2-4-8-14/h2-10,12H,11H2,1H3,(H,23,26)(H,21,22,27). The molecule has 0 spiro atoms. The fourth-order valence-corrected chi connectivity index (χ4v) is 4.09. The second-order valence-electron chi connectivity index (χ2n) is 6.04. The van der Waals surface area contributed by atoms with Crippen LogP contribution in [0.4, 0.5) is 5.69 Å². The first-order valence-electron chi connectivity index (χ1n) is 8.74. The van der Waals surface area contributed by atoms with Crippen LogP contribution in [-0.4, -0.2) is 37.4 Å². The molecule has 0 aliphatic carbocycles. The van der Waals surface area contributed by atoms with Crippen molar-refractivity contribution in [3.8, 4) is 5.69 Å². The van der Waals surface area contributed by atoms with Gasteiger partial charge in [-0.2, -0.15) is 0 Å². The van der Waals surface area contributed by atoms with Crippen LogP contribution >= 0.6 is 23.5 Å². The molecular formula is C20H17N5O2S2. The minimum Gasteiger partial charge on any atom is -0.325 e. The number of H-pyrrole nitrogens is 1. The van der Waals surface area contributed by atoms with E-state index in [1.165, 1.54) is 18.1 Å². The Bertz CT molecular complexity index is 1220. The largest absolute Gasteiger partial charge is 0.325 e. The lowest BCUT2D eigenvalue weighted by Gasteiger charge is -2.09. The van der Waals surface area contributed by atoms with Gasteiger partial charge in [0.05, 0.1) is 12.1 Å². The maximum absolute atomic E-state index is 12.5. The molecule has 29 heavy (non-hydrogen) atoms. The zero-order chi connectivity index (χ0) is 20.2. The Kier molecular flexibility index (Phi) is 5.68. The third-order valence-electron chi connectivity index (χ3n) is 4.12. The first kappa shape index (κ1) is 19.3. The summed E-state index contributed by atoms with van der Waals surface area (Å²) in [4.78, 5) is 36.9. The van der Waals surface area contributed by atoms with E-state index in [-0.39, 0.29) is 22.7 Å². The number of para-hydroxylation sites is 1. The molecule has 9 heteroatoms. The van der Waals surface area contributed by atoms with E-state index in [1.54, 1.807) is 16.3 Å². The minimum atomic E-state index is -0.315. The van der Waals surface area contributed by atoms with Gasteiger partial charge in [0.15, 0.2) is 16.3 Å². The molecule has 0 bridgehead atoms. The summed E-state index contributed by atoms with van der Waals surface area (Å²) in [5, 5.41) is 3.43. The number of nitrogens with one attached hydrogen (secondary N) is 2. The Morgan fingerprint density at radius 3 is 2.79 bits per heavy atom. The molecule has 2 N–H and O–H groups in total. The highest BCUT2D eigenvalue weighted by Crippen LogP contribution is 2.26. The van der Waals surface area contributed by atoms with Crippen LogP contribution in [-0.2, 0) is 4.79 Å². The van der Waals surface area contributed by atoms with Crippen molar-refractivity contribution in [1.29, 1.82) is 0 Å². The summed E-state index contributed by atoms with van der Waals surface area (Å²) in [6, 6.07) is 17.2. The smallest absolute Gasteiger partial charge is 0.278 e. The van der Waals surface area contributed by atoms with E-state index >= 15 is 0 Å². The zero-order valence-corrected chi connectivity index (χ0v) is 17.1. The number of rotatable bonds is 6. The molecule has 0 atom stereocenters. The number of hydrogen-bond acceptors (Lipinski definition) is 6. The molecule has 0 fully saturated rings. The van der Waals surface area contributed by atoms with Crippen molar-refractivity contribution < 1.29 is 4.79 Å². The van der Waals surface area contributed by atoms with Crippen LogP contribution in [0.2, 0.25) is 0 Å². The number of fused-ring (bicyclic) bond motifs is 1. The van der Waals surface area contributed by atoms with Crippen molar-refractivity contribution in [2.75, 3.05) is 17.3 Å². The Labute approximate surface area is 175 Å². The predicted molar refractivity (Wildman–Crippen MR) is 117 cm³/mol. The fraction of sp³-hybridized carbons (Fsp3) is 0.100. The fourth-order valence-electron chi connectivity index (χ4n) is 2.82. The molecule has 4 rings (SSSR count). The SMILES string of the molecule is CSc1cccc(NC(=O)CSc2nc3c(=O)[nH]cnc3n2-c2ccccc2)c1. The molecule has 2 heterocycles. The summed E-state index contributed by atoms with van der Waals surface area (Å²) in [6.07, 6.45) is 3.34. The highest BCUT2D eigenvalue weighted by atomic mass is 32.2. The molecular weight excluding hydrogens is 406 g/mol. The number of hydrogen-bond donors (Lipinski definition) is 2. The van der Waals surface area contributed by atoms with Gasteiger partial charge >= 0.3 is 0 Å². The third kappa shape index (κ3) is 4.20. The van der Waals surface area contributed by atoms with Gasteiger partial charge in [-0.25, -0.2) is 9.97 Å². The quantitative estimate of drug-likeness (QED) is 0.461. The molecule has 4 aromatic rings. The number of anilines is 1. The number of thioether (sulfide) groups is 2. The zero-order valence-electron chi connectivity index (χ0n) is 15.5. The maximum atomic E-state index is 12.5. The van der Waals surface area contributed by atoms with Crippen molar-refractivity contribution in [2.24, 2.45) is 0 Å². The molecule has 1 amide bonds. The summed E-state index contributed by atoms with van der Waals surface area (Å²) in [5.41, 5.74) is 1.95. The van der Waals surface area contributed by atoms with Crippen LogP contribution < -0.4 is 10.9 Å². The van der Waals surface area contributed by atoms with Gasteiger partial charge in [0.25, 0.3) is 5.56 Å². The van der Waals surface area contributed by atoms with E-state index in [2.05, 4.69) is 20.3 Å². The Hall–Kier alpha value is -3.04. The number of amides is 1. The topological polar surface area (TPSA) is 92.7 Å². The first-order valence-corrected chi connectivity index (χ1v) is 10.9. The molecule has 0 radical (unpaired) electrons. The monoisotopic (exact) mass is 423 g/mol. The van der Waals surface area contributed by atoms with E-state index in [0.717, 1.165) is 16.3 Å². The van der Waals surface area contributed by atoms with Crippen LogP contribution in [0, 0.1) is 0 Å². The van der Waals surface area contributed by atoms with E-state index in [9.17, 15) is 9.59 Å². The highest BCUT2D eigenvalue weighted by Gasteiger charge is 2.17. The molecule has 0 saturated carbocycles. The Morgan fingerprint density at radius 1 is 1.17 bits per heavy atom. The highest BCUT2D eigenvalue weighted by molar-refractivity contribution is 7.99. The van der Waals surface area contributed by atoms with E-state index < -0.39 is 0 Å². The van der Waals surface area contributed by atoms with Crippen LogP contribution in [0.1, 0.15) is 0 Å². The van der Waals surface area contributed by atoms with Crippen molar-refractivity contribution in [2.45, 2.75) is 10.1 Å². The van der Waals surface area contributed by atoms with Gasteiger partial charge in [0, 0.05) is 16.3 Å². The van der Waals surface area contributed by atoms with E-state index in [0.29, 0.717) is 10.8 Å². The van der Waals surface area contributed by atoms with Gasteiger partial charge in [-0.3, -0.25) is 14.2 Å². The summed E-state index contributed by atoms with van der Waals surface area (Å²) in [7, 11) is 0. The van der Waals surface area contributed by atoms with Crippen molar-refractivity contribution in [1.82, 2.24) is 19.5 Å². The second kappa shape index (κ2) is 8.54. The van der Waals surface area contributed by atoms with Gasteiger partial charge in [-0.15, -0.1) is 11.8 Å². The maximum Gasteiger partial charge on any atom is 0.278 e. The predicted octanol–water partition coefficient (Wildman–Crippen LogP) is 3.56. The van der Waals surface area contributed by atoms with Crippen LogP contribution in [0.3, 0.4) is 0 Å². The van der Waals surface area contributed by atoms with Crippen molar-refractivity contribution in [3.05, 3.63) is 71.3 Å².